The number of allylic oxidation sites excluding steroid dienone is 2. The van der Waals surface area contributed by atoms with Crippen LogP contribution in [0.4, 0.5) is 4.39 Å². The van der Waals surface area contributed by atoms with E-state index in [0.29, 0.717) is 12.3 Å². The Kier molecular flexibility index (Phi) is 9.57. The van der Waals surface area contributed by atoms with E-state index in [1.54, 1.807) is 0 Å². The predicted molar refractivity (Wildman–Crippen MR) is 121 cm³/mol. The molecule has 3 rings (SSSR count). The van der Waals surface area contributed by atoms with Gasteiger partial charge in [-0.1, -0.05) is 44.1 Å². The van der Waals surface area contributed by atoms with Crippen molar-refractivity contribution in [2.45, 2.75) is 89.9 Å². The second-order valence-corrected chi connectivity index (χ2v) is 9.32. The van der Waals surface area contributed by atoms with Crippen LogP contribution in [0.2, 0.25) is 0 Å². The molecule has 1 aromatic rings. The third kappa shape index (κ3) is 7.15. The maximum absolute atomic E-state index is 12.2. The molecule has 162 valence electrons. The normalized spacial score (nSPS) is 27.9. The van der Waals surface area contributed by atoms with Gasteiger partial charge in [0.1, 0.15) is 5.75 Å². The molecule has 0 bridgehead atoms. The van der Waals surface area contributed by atoms with E-state index in [0.717, 1.165) is 36.5 Å². The van der Waals surface area contributed by atoms with E-state index in [2.05, 4.69) is 43.3 Å². The van der Waals surface area contributed by atoms with Crippen molar-refractivity contribution in [3.8, 4) is 5.75 Å². The Morgan fingerprint density at radius 3 is 2.17 bits per heavy atom. The quantitative estimate of drug-likeness (QED) is 0.284. The summed E-state index contributed by atoms with van der Waals surface area (Å²) in [5.41, 5.74) is 1.51. The van der Waals surface area contributed by atoms with E-state index in [1.807, 2.05) is 0 Å². The summed E-state index contributed by atoms with van der Waals surface area (Å²) in [4.78, 5) is 0. The fourth-order valence-corrected chi connectivity index (χ4v) is 5.46. The van der Waals surface area contributed by atoms with Gasteiger partial charge in [-0.25, -0.2) is 0 Å². The van der Waals surface area contributed by atoms with Crippen LogP contribution in [0, 0.1) is 17.8 Å². The monoisotopic (exact) mass is 400 g/mol. The number of ether oxygens (including phenoxy) is 1. The van der Waals surface area contributed by atoms with Gasteiger partial charge in [0, 0.05) is 0 Å². The zero-order valence-electron chi connectivity index (χ0n) is 18.5. The van der Waals surface area contributed by atoms with Crippen LogP contribution in [-0.4, -0.2) is 13.3 Å². The Bertz CT molecular complexity index is 577. The number of alkyl halides is 1. The number of rotatable bonds is 10. The van der Waals surface area contributed by atoms with Crippen LogP contribution in [0.15, 0.2) is 36.4 Å². The molecule has 2 aliphatic carbocycles. The van der Waals surface area contributed by atoms with Gasteiger partial charge in [-0.05, 0) is 106 Å². The van der Waals surface area contributed by atoms with E-state index >= 15 is 0 Å². The van der Waals surface area contributed by atoms with Gasteiger partial charge in [-0.2, -0.15) is 0 Å². The van der Waals surface area contributed by atoms with Crippen LogP contribution in [0.25, 0.3) is 0 Å². The van der Waals surface area contributed by atoms with Crippen LogP contribution < -0.4 is 4.74 Å². The van der Waals surface area contributed by atoms with Gasteiger partial charge < -0.3 is 4.74 Å². The molecular weight excluding hydrogens is 359 g/mol. The molecule has 0 amide bonds. The van der Waals surface area contributed by atoms with Crippen molar-refractivity contribution in [2.24, 2.45) is 17.8 Å². The maximum Gasteiger partial charge on any atom is 0.119 e. The van der Waals surface area contributed by atoms with Gasteiger partial charge in [-0.3, -0.25) is 4.39 Å². The molecule has 0 heterocycles. The lowest BCUT2D eigenvalue weighted by molar-refractivity contribution is 0.171. The molecule has 2 heteroatoms. The minimum Gasteiger partial charge on any atom is -0.494 e. The largest absolute Gasteiger partial charge is 0.494 e. The highest BCUT2D eigenvalue weighted by molar-refractivity contribution is 5.29. The second kappa shape index (κ2) is 12.4. The van der Waals surface area contributed by atoms with Gasteiger partial charge in [0.2, 0.25) is 0 Å². The van der Waals surface area contributed by atoms with Crippen molar-refractivity contribution in [2.75, 3.05) is 13.3 Å². The van der Waals surface area contributed by atoms with Crippen molar-refractivity contribution >= 4 is 0 Å². The molecule has 0 spiro atoms. The topological polar surface area (TPSA) is 9.23 Å². The van der Waals surface area contributed by atoms with Crippen molar-refractivity contribution in [1.82, 2.24) is 0 Å². The summed E-state index contributed by atoms with van der Waals surface area (Å²) >= 11 is 0. The van der Waals surface area contributed by atoms with Gasteiger partial charge in [0.25, 0.3) is 0 Å². The van der Waals surface area contributed by atoms with Gasteiger partial charge in [0.15, 0.2) is 0 Å². The first kappa shape index (κ1) is 22.4. The smallest absolute Gasteiger partial charge is 0.119 e. The van der Waals surface area contributed by atoms with Crippen molar-refractivity contribution in [3.05, 3.63) is 42.0 Å². The average Bonchev–Trinajstić information content (AvgIpc) is 2.78. The summed E-state index contributed by atoms with van der Waals surface area (Å²) in [6.07, 6.45) is 19.4. The average molecular weight is 401 g/mol. The molecule has 0 atom stereocenters. The fraction of sp³-hybridized carbons (Fsp3) is 0.704. The summed E-state index contributed by atoms with van der Waals surface area (Å²) in [6.45, 7) is 2.85. The lowest BCUT2D eigenvalue weighted by Gasteiger charge is -2.37. The molecule has 0 saturated heterocycles. The number of hydrogen-bond acceptors (Lipinski definition) is 1. The highest BCUT2D eigenvalue weighted by Gasteiger charge is 2.30. The molecule has 2 aliphatic rings. The van der Waals surface area contributed by atoms with Crippen molar-refractivity contribution in [1.29, 1.82) is 0 Å². The summed E-state index contributed by atoms with van der Waals surface area (Å²) in [5.74, 6) is 4.33. The Morgan fingerprint density at radius 2 is 1.55 bits per heavy atom. The summed E-state index contributed by atoms with van der Waals surface area (Å²) < 4.78 is 18.1. The van der Waals surface area contributed by atoms with E-state index in [-0.39, 0.29) is 6.67 Å². The standard InChI is InChI=1S/C27H41FO/c1-2-3-6-21-29-27-18-16-26(17-19-27)25-14-12-24(13-15-25)23-10-8-22(9-11-23)7-4-5-20-28/h4,7,16-19,22-25H,2-3,5-6,8-15,20-21H2,1H3/b7-4+. The molecule has 2 fully saturated rings. The van der Waals surface area contributed by atoms with Crippen LogP contribution in [0.5, 0.6) is 5.75 Å². The van der Waals surface area contributed by atoms with Crippen LogP contribution in [0.1, 0.15) is 95.5 Å². The van der Waals surface area contributed by atoms with E-state index in [4.69, 9.17) is 4.74 Å². The molecule has 0 aromatic heterocycles. The molecule has 2 saturated carbocycles. The minimum atomic E-state index is -0.218. The lowest BCUT2D eigenvalue weighted by atomic mass is 9.68. The summed E-state index contributed by atoms with van der Waals surface area (Å²) in [6, 6.07) is 8.94. The Balaban J connectivity index is 1.38. The number of unbranched alkanes of at least 4 members (excludes halogenated alkanes) is 2. The summed E-state index contributed by atoms with van der Waals surface area (Å²) in [5, 5.41) is 0. The molecule has 0 unspecified atom stereocenters. The molecule has 0 aliphatic heterocycles. The van der Waals surface area contributed by atoms with Gasteiger partial charge in [0.05, 0.1) is 13.3 Å². The fourth-order valence-electron chi connectivity index (χ4n) is 5.46. The zero-order valence-corrected chi connectivity index (χ0v) is 18.5. The molecule has 1 aromatic carbocycles. The second-order valence-electron chi connectivity index (χ2n) is 9.32. The first-order chi connectivity index (χ1) is 14.3. The maximum atomic E-state index is 12.2. The van der Waals surface area contributed by atoms with Gasteiger partial charge in [-0.15, -0.1) is 0 Å². The van der Waals surface area contributed by atoms with E-state index in [1.165, 1.54) is 69.8 Å². The highest BCUT2D eigenvalue weighted by Crippen LogP contribution is 2.44. The van der Waals surface area contributed by atoms with E-state index in [9.17, 15) is 4.39 Å². The summed E-state index contributed by atoms with van der Waals surface area (Å²) in [7, 11) is 0. The third-order valence-electron chi connectivity index (χ3n) is 7.31. The molecule has 0 radical (unpaired) electrons. The molecule has 0 N–H and O–H groups in total. The zero-order chi connectivity index (χ0) is 20.3. The van der Waals surface area contributed by atoms with Crippen LogP contribution in [0.3, 0.4) is 0 Å². The van der Waals surface area contributed by atoms with Crippen molar-refractivity contribution < 1.29 is 9.13 Å². The highest BCUT2D eigenvalue weighted by atomic mass is 19.1. The van der Waals surface area contributed by atoms with Crippen LogP contribution >= 0.6 is 0 Å². The SMILES string of the molecule is CCCCCOc1ccc(C2CCC(C3CCC(/C=C/CCF)CC3)CC2)cc1. The molecule has 29 heavy (non-hydrogen) atoms. The molecular formula is C27H41FO. The Morgan fingerprint density at radius 1 is 0.897 bits per heavy atom. The predicted octanol–water partition coefficient (Wildman–Crippen LogP) is 8.25. The molecule has 1 nitrogen and oxygen atoms in total. The number of benzene rings is 1. The third-order valence-corrected chi connectivity index (χ3v) is 7.31. The van der Waals surface area contributed by atoms with Crippen molar-refractivity contribution in [3.63, 3.8) is 0 Å². The van der Waals surface area contributed by atoms with Crippen LogP contribution in [-0.2, 0) is 0 Å². The number of hydrogen-bond donors (Lipinski definition) is 0. The van der Waals surface area contributed by atoms with Gasteiger partial charge >= 0.3 is 0 Å². The first-order valence-electron chi connectivity index (χ1n) is 12.3. The lowest BCUT2D eigenvalue weighted by Crippen LogP contribution is -2.25. The Labute approximate surface area is 178 Å². The Hall–Kier alpha value is -1.31. The van der Waals surface area contributed by atoms with E-state index < -0.39 is 0 Å². The minimum absolute atomic E-state index is 0.218. The number of halogens is 1. The first-order valence-corrected chi connectivity index (χ1v) is 12.3.